The molecular weight excluding hydrogens is 528 g/mol. The Morgan fingerprint density at radius 2 is 0.524 bits per heavy atom. The monoisotopic (exact) mass is 594 g/mol. The van der Waals surface area contributed by atoms with E-state index in [1.54, 1.807) is 0 Å². The fourth-order valence-corrected chi connectivity index (χ4v) is 7.19. The Morgan fingerprint density at radius 1 is 0.333 bits per heavy atom. The molecule has 0 aromatic heterocycles. The number of hydrogen-bond donors (Lipinski definition) is 3. The highest BCUT2D eigenvalue weighted by Crippen LogP contribution is 2.40. The van der Waals surface area contributed by atoms with Crippen molar-refractivity contribution < 1.29 is 29.7 Å². The Bertz CT molecular complexity index is 581. The smallest absolute Gasteiger partial charge is 0.303 e. The zero-order valence-corrected chi connectivity index (χ0v) is 27.0. The third-order valence-corrected chi connectivity index (χ3v) is 9.51. The molecule has 1 fully saturated rings. The van der Waals surface area contributed by atoms with Gasteiger partial charge in [-0.25, -0.2) is 0 Å². The number of carboxylic acids is 3. The first-order valence-electron chi connectivity index (χ1n) is 18.0. The molecule has 0 saturated heterocycles. The third kappa shape index (κ3) is 25.0. The zero-order chi connectivity index (χ0) is 30.7. The quantitative estimate of drug-likeness (QED) is 0.0713. The van der Waals surface area contributed by atoms with Crippen LogP contribution in [0.15, 0.2) is 0 Å². The summed E-state index contributed by atoms with van der Waals surface area (Å²) in [6, 6.07) is 0. The Balaban J connectivity index is 2.27. The van der Waals surface area contributed by atoms with Crippen molar-refractivity contribution in [1.29, 1.82) is 0 Å². The lowest BCUT2D eigenvalue weighted by atomic mass is 9.70. The van der Waals surface area contributed by atoms with E-state index in [-0.39, 0.29) is 0 Å². The normalized spacial score (nSPS) is 18.7. The maximum Gasteiger partial charge on any atom is 0.303 e. The van der Waals surface area contributed by atoms with Gasteiger partial charge in [0.25, 0.3) is 0 Å². The molecule has 0 atom stereocenters. The maximum atomic E-state index is 10.6. The number of rotatable bonds is 30. The standard InChI is InChI=1S/C36H66O6/c37-34(38)25-19-13-7-1-4-10-16-22-31-28-32(23-17-11-5-2-8-14-20-26-35(39)40)30-33(29-31)24-18-12-6-3-9-15-21-27-36(41)42/h31-33H,1-30H2,(H,37,38)(H,39,40)(H,41,42). The second kappa shape index (κ2) is 27.0. The summed E-state index contributed by atoms with van der Waals surface area (Å²) in [5.41, 5.74) is 0. The highest BCUT2D eigenvalue weighted by molar-refractivity contribution is 5.67. The van der Waals surface area contributed by atoms with Gasteiger partial charge in [-0.3, -0.25) is 14.4 Å². The van der Waals surface area contributed by atoms with E-state index < -0.39 is 17.9 Å². The molecule has 0 aliphatic heterocycles. The summed E-state index contributed by atoms with van der Waals surface area (Å²) in [6.07, 6.45) is 34.1. The number of hydrogen-bond acceptors (Lipinski definition) is 3. The molecule has 0 bridgehead atoms. The molecule has 0 unspecified atom stereocenters. The molecule has 3 N–H and O–H groups in total. The van der Waals surface area contributed by atoms with Gasteiger partial charge in [-0.2, -0.15) is 0 Å². The van der Waals surface area contributed by atoms with Gasteiger partial charge in [-0.1, -0.05) is 135 Å². The molecule has 1 saturated carbocycles. The minimum atomic E-state index is -0.672. The van der Waals surface area contributed by atoms with Gasteiger partial charge in [-0.15, -0.1) is 0 Å². The van der Waals surface area contributed by atoms with Crippen molar-refractivity contribution >= 4 is 17.9 Å². The lowest BCUT2D eigenvalue weighted by Crippen LogP contribution is -2.23. The molecular formula is C36H66O6. The fourth-order valence-electron chi connectivity index (χ4n) is 7.19. The predicted octanol–water partition coefficient (Wildman–Crippen LogP) is 10.8. The van der Waals surface area contributed by atoms with Crippen molar-refractivity contribution in [2.45, 2.75) is 193 Å². The van der Waals surface area contributed by atoms with Crippen LogP contribution in [0.25, 0.3) is 0 Å². The average molecular weight is 595 g/mol. The largest absolute Gasteiger partial charge is 0.481 e. The molecule has 1 aliphatic carbocycles. The van der Waals surface area contributed by atoms with E-state index in [0.29, 0.717) is 19.3 Å². The number of aliphatic carboxylic acids is 3. The second-order valence-electron chi connectivity index (χ2n) is 13.5. The molecule has 0 heterocycles. The summed E-state index contributed by atoms with van der Waals surface area (Å²) >= 11 is 0. The van der Waals surface area contributed by atoms with Gasteiger partial charge in [0.2, 0.25) is 0 Å². The van der Waals surface area contributed by atoms with Crippen molar-refractivity contribution in [3.63, 3.8) is 0 Å². The Labute approximate surface area is 257 Å². The van der Waals surface area contributed by atoms with Crippen LogP contribution in [0.5, 0.6) is 0 Å². The second-order valence-corrected chi connectivity index (χ2v) is 13.5. The summed E-state index contributed by atoms with van der Waals surface area (Å²) in [6.45, 7) is 0. The van der Waals surface area contributed by atoms with Gasteiger partial charge in [0.1, 0.15) is 0 Å². The summed E-state index contributed by atoms with van der Waals surface area (Å²) in [5.74, 6) is 0.672. The molecule has 1 rings (SSSR count). The van der Waals surface area contributed by atoms with Crippen LogP contribution in [0.3, 0.4) is 0 Å². The van der Waals surface area contributed by atoms with Gasteiger partial charge < -0.3 is 15.3 Å². The molecule has 6 heteroatoms. The molecule has 1 aliphatic rings. The van der Waals surface area contributed by atoms with E-state index in [0.717, 1.165) is 56.3 Å². The van der Waals surface area contributed by atoms with Crippen LogP contribution in [0.2, 0.25) is 0 Å². The highest BCUT2D eigenvalue weighted by atomic mass is 16.4. The van der Waals surface area contributed by atoms with Gasteiger partial charge in [0.15, 0.2) is 0 Å². The molecule has 0 spiro atoms. The van der Waals surface area contributed by atoms with E-state index in [2.05, 4.69) is 0 Å². The molecule has 6 nitrogen and oxygen atoms in total. The Hall–Kier alpha value is -1.59. The van der Waals surface area contributed by atoms with Crippen molar-refractivity contribution in [1.82, 2.24) is 0 Å². The van der Waals surface area contributed by atoms with Gasteiger partial charge in [0.05, 0.1) is 0 Å². The summed E-state index contributed by atoms with van der Waals surface area (Å²) in [7, 11) is 0. The van der Waals surface area contributed by atoms with Crippen molar-refractivity contribution in [3.05, 3.63) is 0 Å². The molecule has 42 heavy (non-hydrogen) atoms. The average Bonchev–Trinajstić information content (AvgIpc) is 2.94. The first kappa shape index (κ1) is 38.4. The van der Waals surface area contributed by atoms with Crippen LogP contribution in [0, 0.1) is 17.8 Å². The minimum Gasteiger partial charge on any atom is -0.481 e. The van der Waals surface area contributed by atoms with Crippen LogP contribution in [-0.2, 0) is 14.4 Å². The lowest BCUT2D eigenvalue weighted by Gasteiger charge is -2.35. The lowest BCUT2D eigenvalue weighted by molar-refractivity contribution is -0.138. The van der Waals surface area contributed by atoms with E-state index in [4.69, 9.17) is 15.3 Å². The van der Waals surface area contributed by atoms with E-state index in [1.807, 2.05) is 0 Å². The number of unbranched alkanes of at least 4 members (excludes halogenated alkanes) is 18. The first-order chi connectivity index (χ1) is 20.4. The Kier molecular flexibility index (Phi) is 24.7. The van der Waals surface area contributed by atoms with E-state index in [9.17, 15) is 14.4 Å². The topological polar surface area (TPSA) is 112 Å². The van der Waals surface area contributed by atoms with E-state index in [1.165, 1.54) is 135 Å². The fraction of sp³-hybridized carbons (Fsp3) is 0.917. The van der Waals surface area contributed by atoms with Crippen LogP contribution in [-0.4, -0.2) is 33.2 Å². The molecule has 0 aromatic carbocycles. The SMILES string of the molecule is O=C(O)CCCCCCCCCC1CC(CCCCCCCCCC(=O)O)CC(CCCCCCCCCC(=O)O)C1. The van der Waals surface area contributed by atoms with Crippen molar-refractivity contribution in [3.8, 4) is 0 Å². The highest BCUT2D eigenvalue weighted by Gasteiger charge is 2.28. The zero-order valence-electron chi connectivity index (χ0n) is 27.0. The molecule has 0 aromatic rings. The van der Waals surface area contributed by atoms with Crippen LogP contribution < -0.4 is 0 Å². The molecule has 0 amide bonds. The van der Waals surface area contributed by atoms with Gasteiger partial charge in [0, 0.05) is 19.3 Å². The summed E-state index contributed by atoms with van der Waals surface area (Å²) < 4.78 is 0. The van der Waals surface area contributed by atoms with Gasteiger partial charge in [-0.05, 0) is 56.3 Å². The van der Waals surface area contributed by atoms with Crippen molar-refractivity contribution in [2.75, 3.05) is 0 Å². The molecule has 0 radical (unpaired) electrons. The van der Waals surface area contributed by atoms with Gasteiger partial charge >= 0.3 is 17.9 Å². The summed E-state index contributed by atoms with van der Waals surface area (Å²) in [4.78, 5) is 31.9. The van der Waals surface area contributed by atoms with Crippen molar-refractivity contribution in [2.24, 2.45) is 17.8 Å². The summed E-state index contributed by atoms with van der Waals surface area (Å²) in [5, 5.41) is 26.3. The Morgan fingerprint density at radius 3 is 0.738 bits per heavy atom. The van der Waals surface area contributed by atoms with E-state index >= 15 is 0 Å². The minimum absolute atomic E-state index is 0.313. The molecule has 246 valence electrons. The predicted molar refractivity (Wildman–Crippen MR) is 172 cm³/mol. The van der Waals surface area contributed by atoms with Crippen LogP contribution in [0.1, 0.15) is 193 Å². The number of carboxylic acid groups (broad SMARTS) is 3. The maximum absolute atomic E-state index is 10.6. The first-order valence-corrected chi connectivity index (χ1v) is 18.0. The van der Waals surface area contributed by atoms with Crippen LogP contribution >= 0.6 is 0 Å². The third-order valence-electron chi connectivity index (χ3n) is 9.51. The number of carbonyl (C=O) groups is 3. The van der Waals surface area contributed by atoms with Crippen LogP contribution in [0.4, 0.5) is 0 Å².